The number of amides is 1. The van der Waals surface area contributed by atoms with E-state index >= 15 is 0 Å². The summed E-state index contributed by atoms with van der Waals surface area (Å²) in [6.07, 6.45) is 2.47. The first-order chi connectivity index (χ1) is 11.9. The fourth-order valence-electron chi connectivity index (χ4n) is 4.11. The Morgan fingerprint density at radius 3 is 2.52 bits per heavy atom. The van der Waals surface area contributed by atoms with Gasteiger partial charge in [0, 0.05) is 18.1 Å². The van der Waals surface area contributed by atoms with E-state index in [1.807, 2.05) is 0 Å². The van der Waals surface area contributed by atoms with E-state index in [0.717, 1.165) is 25.3 Å². The molecule has 3 aliphatic rings. The molecule has 1 heterocycles. The number of hydrogen-bond acceptors (Lipinski definition) is 7. The zero-order chi connectivity index (χ0) is 17.7. The molecule has 10 nitrogen and oxygen atoms in total. The summed E-state index contributed by atoms with van der Waals surface area (Å²) in [6.45, 7) is 0. The molecular weight excluding hydrogens is 334 g/mol. The molecule has 0 spiro atoms. The molecule has 2 bridgehead atoms. The molecule has 1 saturated heterocycles. The van der Waals surface area contributed by atoms with Gasteiger partial charge < -0.3 is 19.9 Å². The number of fused-ring (bicyclic) bond motifs is 4. The topological polar surface area (TPSA) is 146 Å². The van der Waals surface area contributed by atoms with E-state index in [1.165, 1.54) is 12.1 Å². The molecule has 136 valence electrons. The van der Waals surface area contributed by atoms with Crippen LogP contribution in [-0.2, 0) is 9.47 Å². The predicted octanol–water partition coefficient (Wildman–Crippen LogP) is -0.392. The molecule has 1 aromatic rings. The van der Waals surface area contributed by atoms with Crippen LogP contribution in [0.1, 0.15) is 19.3 Å². The number of carbonyl (C=O) groups is 1. The minimum atomic E-state index is -1.28. The Balaban J connectivity index is 1.45. The second-order valence-electron chi connectivity index (χ2n) is 6.78. The molecule has 5 N–H and O–H groups in total. The van der Waals surface area contributed by atoms with Crippen LogP contribution in [0.2, 0.25) is 0 Å². The van der Waals surface area contributed by atoms with Crippen LogP contribution in [0.25, 0.3) is 0 Å². The van der Waals surface area contributed by atoms with Gasteiger partial charge in [-0.25, -0.2) is 15.2 Å². The Hall–Kier alpha value is -1.79. The van der Waals surface area contributed by atoms with E-state index in [-0.39, 0.29) is 35.2 Å². The van der Waals surface area contributed by atoms with Crippen molar-refractivity contribution in [3.05, 3.63) is 28.6 Å². The lowest BCUT2D eigenvalue weighted by atomic mass is 9.86. The van der Waals surface area contributed by atoms with Gasteiger partial charge in [-0.15, -0.1) is 0 Å². The van der Waals surface area contributed by atoms with Crippen LogP contribution in [0.3, 0.4) is 0 Å². The second kappa shape index (κ2) is 6.18. The van der Waals surface area contributed by atoms with Crippen molar-refractivity contribution in [1.82, 2.24) is 0 Å². The van der Waals surface area contributed by atoms with Gasteiger partial charge in [-0.3, -0.25) is 5.32 Å². The molecule has 1 aromatic carbocycles. The van der Waals surface area contributed by atoms with E-state index in [1.54, 1.807) is 0 Å². The van der Waals surface area contributed by atoms with Crippen LogP contribution in [0, 0.1) is 22.3 Å². The van der Waals surface area contributed by atoms with Gasteiger partial charge in [-0.2, -0.15) is 10.5 Å². The van der Waals surface area contributed by atoms with Crippen LogP contribution >= 0.6 is 0 Å². The molecule has 0 radical (unpaired) electrons. The van der Waals surface area contributed by atoms with Gasteiger partial charge in [0.25, 0.3) is 0 Å². The predicted molar refractivity (Wildman–Crippen MR) is 81.4 cm³/mol. The fourth-order valence-corrected chi connectivity index (χ4v) is 4.11. The number of rotatable bonds is 4. The van der Waals surface area contributed by atoms with Crippen molar-refractivity contribution in [2.45, 2.75) is 37.6 Å². The highest BCUT2D eigenvalue weighted by Gasteiger charge is 2.59. The van der Waals surface area contributed by atoms with Crippen LogP contribution in [0.5, 0.6) is 0 Å². The first-order valence-electron chi connectivity index (χ1n) is 8.17. The van der Waals surface area contributed by atoms with Crippen LogP contribution < -0.4 is 15.8 Å². The van der Waals surface area contributed by atoms with Gasteiger partial charge in [-0.1, -0.05) is 0 Å². The molecule has 1 aliphatic heterocycles. The maximum Gasteiger partial charge on any atom is 0.411 e. The van der Waals surface area contributed by atoms with E-state index < -0.39 is 16.5 Å². The molecule has 2 saturated carbocycles. The third-order valence-electron chi connectivity index (χ3n) is 5.25. The third kappa shape index (κ3) is 3.20. The van der Waals surface area contributed by atoms with Crippen molar-refractivity contribution < 1.29 is 35.1 Å². The lowest BCUT2D eigenvalue weighted by Crippen LogP contribution is -3.00. The minimum Gasteiger partial charge on any atom is -0.595 e. The Bertz CT molecular complexity index is 657. The highest BCUT2D eigenvalue weighted by molar-refractivity contribution is 5.86. The van der Waals surface area contributed by atoms with Gasteiger partial charge in [0.2, 0.25) is 0 Å². The first kappa shape index (κ1) is 16.7. The summed E-state index contributed by atoms with van der Waals surface area (Å²) in [5.41, 5.74) is -0.365. The summed E-state index contributed by atoms with van der Waals surface area (Å²) in [5, 5.41) is 40.3. The van der Waals surface area contributed by atoms with Crippen molar-refractivity contribution in [2.75, 3.05) is 5.32 Å². The molecule has 3 fully saturated rings. The Labute approximate surface area is 142 Å². The summed E-state index contributed by atoms with van der Waals surface area (Å²) in [5.74, 6) is 0.508. The maximum absolute atomic E-state index is 12.2. The minimum absolute atomic E-state index is 0.0750. The van der Waals surface area contributed by atoms with Crippen LogP contribution in [0.15, 0.2) is 18.2 Å². The molecule has 7 unspecified atom stereocenters. The monoisotopic (exact) mass is 353 g/mol. The zero-order valence-corrected chi connectivity index (χ0v) is 13.2. The van der Waals surface area contributed by atoms with Gasteiger partial charge >= 0.3 is 6.09 Å². The second-order valence-corrected chi connectivity index (χ2v) is 6.78. The largest absolute Gasteiger partial charge is 0.595 e. The average Bonchev–Trinajstić information content (AvgIpc) is 3.25. The number of epoxide rings is 1. The summed E-state index contributed by atoms with van der Waals surface area (Å²) in [6, 6.07) is 3.43. The number of benzene rings is 1. The van der Waals surface area contributed by atoms with Crippen molar-refractivity contribution in [3.63, 3.8) is 0 Å². The smallest absolute Gasteiger partial charge is 0.411 e. The van der Waals surface area contributed by atoms with Gasteiger partial charge in [0.05, 0.1) is 24.0 Å². The summed E-state index contributed by atoms with van der Waals surface area (Å²) in [4.78, 5) is 12.2. The van der Waals surface area contributed by atoms with Gasteiger partial charge in [0.1, 0.15) is 6.10 Å². The number of anilines is 1. The zero-order valence-electron chi connectivity index (χ0n) is 13.2. The highest BCUT2D eigenvalue weighted by Crippen LogP contribution is 2.53. The summed E-state index contributed by atoms with van der Waals surface area (Å²) in [7, 11) is 0. The van der Waals surface area contributed by atoms with Crippen molar-refractivity contribution in [1.29, 1.82) is 0 Å². The van der Waals surface area contributed by atoms with Crippen molar-refractivity contribution in [2.24, 2.45) is 11.8 Å². The van der Waals surface area contributed by atoms with Gasteiger partial charge in [0.15, 0.2) is 11.4 Å². The Kier molecular flexibility index (Phi) is 4.12. The standard InChI is InChI=1S/C15H19N3O7/c19-15(25-13-7-1-2-11(13)14-12(3-7)24-14)16-8-4-9(17(20)21)6-10(5-8)18(22)23/h4-7,11-14,17-18,20,22H,1-3H2,(H,16,19). The summed E-state index contributed by atoms with van der Waals surface area (Å²) >= 11 is 0. The van der Waals surface area contributed by atoms with Crippen molar-refractivity contribution in [3.8, 4) is 0 Å². The van der Waals surface area contributed by atoms with E-state index in [0.29, 0.717) is 12.0 Å². The molecule has 7 atom stereocenters. The lowest BCUT2D eigenvalue weighted by molar-refractivity contribution is -0.996. The Morgan fingerprint density at radius 1 is 1.20 bits per heavy atom. The fraction of sp³-hybridized carbons (Fsp3) is 0.533. The summed E-state index contributed by atoms with van der Waals surface area (Å²) < 4.78 is 11.1. The number of nitrogens with one attached hydrogen (secondary N) is 3. The molecule has 10 heteroatoms. The average molecular weight is 353 g/mol. The lowest BCUT2D eigenvalue weighted by Gasteiger charge is -2.27. The van der Waals surface area contributed by atoms with E-state index in [4.69, 9.17) is 19.9 Å². The normalized spacial score (nSPS) is 34.8. The van der Waals surface area contributed by atoms with Crippen LogP contribution in [0.4, 0.5) is 21.9 Å². The van der Waals surface area contributed by atoms with Crippen LogP contribution in [-0.4, -0.2) is 34.8 Å². The third-order valence-corrected chi connectivity index (χ3v) is 5.25. The number of carbonyl (C=O) groups excluding carboxylic acids is 1. The maximum atomic E-state index is 12.2. The van der Waals surface area contributed by atoms with Crippen molar-refractivity contribution >= 4 is 23.2 Å². The molecule has 25 heavy (non-hydrogen) atoms. The molecular formula is C15H19N3O7. The van der Waals surface area contributed by atoms with E-state index in [9.17, 15) is 15.2 Å². The first-order valence-corrected chi connectivity index (χ1v) is 8.17. The molecule has 1 amide bonds. The molecule has 4 rings (SSSR count). The van der Waals surface area contributed by atoms with Gasteiger partial charge in [-0.05, 0) is 25.2 Å². The highest BCUT2D eigenvalue weighted by atomic mass is 16.8. The SMILES string of the molecule is O=C(Nc1cc([NH+]([O-])O)cc([NH+]([O-])O)c1)OC1C2CCC1C1OC1C2. The number of hydrogen-bond donors (Lipinski definition) is 5. The molecule has 0 aromatic heterocycles. The molecule has 2 aliphatic carbocycles. The Morgan fingerprint density at radius 2 is 1.88 bits per heavy atom. The number of quaternary nitrogens is 2. The quantitative estimate of drug-likeness (QED) is 0.366. The van der Waals surface area contributed by atoms with E-state index in [2.05, 4.69) is 5.32 Å². The number of ether oxygens (including phenoxy) is 2.